The van der Waals surface area contributed by atoms with E-state index in [-0.39, 0.29) is 29.4 Å². The van der Waals surface area contributed by atoms with Gasteiger partial charge in [-0.05, 0) is 45.2 Å². The quantitative estimate of drug-likeness (QED) is 0.316. The van der Waals surface area contributed by atoms with Gasteiger partial charge in [0.2, 0.25) is 5.89 Å². The van der Waals surface area contributed by atoms with Gasteiger partial charge in [0.1, 0.15) is 12.3 Å². The van der Waals surface area contributed by atoms with Gasteiger partial charge in [-0.1, -0.05) is 34.6 Å². The summed E-state index contributed by atoms with van der Waals surface area (Å²) < 4.78 is 5.85. The molecule has 162 valence electrons. The Kier molecular flexibility index (Phi) is 10.8. The minimum absolute atomic E-state index is 0. The molecule has 0 amide bonds. The highest BCUT2D eigenvalue weighted by Crippen LogP contribution is 2.22. The van der Waals surface area contributed by atoms with Crippen LogP contribution in [0.1, 0.15) is 72.5 Å². The number of oxazole rings is 1. The third-order valence-corrected chi connectivity index (χ3v) is 4.92. The van der Waals surface area contributed by atoms with Crippen LogP contribution in [0.15, 0.2) is 15.6 Å². The molecule has 0 aromatic carbocycles. The number of aliphatic imine (C=N–C) groups is 1. The summed E-state index contributed by atoms with van der Waals surface area (Å²) in [7, 11) is 0. The smallest absolute Gasteiger partial charge is 0.216 e. The van der Waals surface area contributed by atoms with E-state index in [1.54, 1.807) is 0 Å². The van der Waals surface area contributed by atoms with E-state index in [0.29, 0.717) is 24.4 Å². The van der Waals surface area contributed by atoms with Gasteiger partial charge in [-0.3, -0.25) is 4.90 Å². The number of likely N-dealkylation sites (tertiary alicyclic amines) is 1. The lowest BCUT2D eigenvalue weighted by atomic mass is 9.94. The van der Waals surface area contributed by atoms with E-state index in [2.05, 4.69) is 67.1 Å². The first-order valence-corrected chi connectivity index (χ1v) is 10.5. The van der Waals surface area contributed by atoms with Crippen molar-refractivity contribution in [3.63, 3.8) is 0 Å². The third kappa shape index (κ3) is 8.27. The zero-order valence-electron chi connectivity index (χ0n) is 18.5. The molecule has 2 rings (SSSR count). The van der Waals surface area contributed by atoms with Crippen LogP contribution in [0, 0.1) is 5.92 Å². The van der Waals surface area contributed by atoms with Gasteiger partial charge in [0.15, 0.2) is 5.96 Å². The number of nitrogens with one attached hydrogen (secondary N) is 2. The average Bonchev–Trinajstić information content (AvgIpc) is 3.26. The van der Waals surface area contributed by atoms with Crippen molar-refractivity contribution in [3.05, 3.63) is 17.8 Å². The van der Waals surface area contributed by atoms with Crippen molar-refractivity contribution >= 4 is 29.9 Å². The Balaban J connectivity index is 0.00000392. The Morgan fingerprint density at radius 3 is 2.46 bits per heavy atom. The normalized spacial score (nSPS) is 16.9. The average molecular weight is 505 g/mol. The van der Waals surface area contributed by atoms with Crippen LogP contribution < -0.4 is 10.6 Å². The van der Waals surface area contributed by atoms with Crippen LogP contribution in [-0.4, -0.2) is 48.1 Å². The topological polar surface area (TPSA) is 65.7 Å². The number of hydrogen-bond donors (Lipinski definition) is 2. The third-order valence-electron chi connectivity index (χ3n) is 4.92. The zero-order valence-corrected chi connectivity index (χ0v) is 20.9. The summed E-state index contributed by atoms with van der Waals surface area (Å²) in [6, 6.07) is 0.561. The monoisotopic (exact) mass is 505 g/mol. The molecule has 2 heterocycles. The summed E-state index contributed by atoms with van der Waals surface area (Å²) in [6.07, 6.45) is 5.67. The highest BCUT2D eigenvalue weighted by atomic mass is 127. The van der Waals surface area contributed by atoms with Crippen molar-refractivity contribution in [1.29, 1.82) is 0 Å². The maximum atomic E-state index is 5.85. The largest absolute Gasteiger partial charge is 0.443 e. The number of nitrogens with zero attached hydrogens (tertiary/aromatic N) is 3. The summed E-state index contributed by atoms with van der Waals surface area (Å²) >= 11 is 0. The van der Waals surface area contributed by atoms with Gasteiger partial charge in [0, 0.05) is 24.5 Å². The summed E-state index contributed by atoms with van der Waals surface area (Å²) in [5.41, 5.74) is -0.0302. The number of hydrogen-bond acceptors (Lipinski definition) is 4. The molecule has 2 N–H and O–H groups in total. The van der Waals surface area contributed by atoms with Gasteiger partial charge < -0.3 is 15.1 Å². The van der Waals surface area contributed by atoms with E-state index in [1.807, 2.05) is 6.20 Å². The molecule has 1 aromatic heterocycles. The molecular formula is C21H40IN5O. The zero-order chi connectivity index (χ0) is 19.9. The molecule has 0 bridgehead atoms. The highest BCUT2D eigenvalue weighted by Gasteiger charge is 2.23. The summed E-state index contributed by atoms with van der Waals surface area (Å²) in [5, 5.41) is 6.88. The molecule has 1 fully saturated rings. The standard InChI is InChI=1S/C21H39N5O.HI/c1-7-22-20(25-15-19-23-14-18(27-19)21(4,5)6)24-13-17(12-16(2)3)26-10-8-9-11-26;/h14,16-17H,7-13,15H2,1-6H3,(H2,22,24,25);1H. The fourth-order valence-electron chi connectivity index (χ4n) is 3.45. The van der Waals surface area contributed by atoms with Crippen LogP contribution in [0.25, 0.3) is 0 Å². The lowest BCUT2D eigenvalue weighted by molar-refractivity contribution is 0.213. The molecule has 1 aromatic rings. The lowest BCUT2D eigenvalue weighted by Crippen LogP contribution is -2.47. The molecule has 0 radical (unpaired) electrons. The SMILES string of the molecule is CCNC(=NCc1ncc(C(C)(C)C)o1)NCC(CC(C)C)N1CCCC1.I. The van der Waals surface area contributed by atoms with E-state index in [9.17, 15) is 0 Å². The van der Waals surface area contributed by atoms with Crippen LogP contribution in [-0.2, 0) is 12.0 Å². The molecule has 0 aliphatic carbocycles. The minimum Gasteiger partial charge on any atom is -0.443 e. The first-order chi connectivity index (χ1) is 12.8. The molecule has 1 aliphatic rings. The van der Waals surface area contributed by atoms with Crippen LogP contribution in [0.4, 0.5) is 0 Å². The maximum absolute atomic E-state index is 5.85. The Morgan fingerprint density at radius 2 is 1.93 bits per heavy atom. The van der Waals surface area contributed by atoms with Crippen molar-refractivity contribution in [2.45, 2.75) is 78.8 Å². The van der Waals surface area contributed by atoms with Crippen LogP contribution >= 0.6 is 24.0 Å². The van der Waals surface area contributed by atoms with E-state index in [0.717, 1.165) is 24.8 Å². The van der Waals surface area contributed by atoms with Crippen molar-refractivity contribution in [1.82, 2.24) is 20.5 Å². The molecule has 0 saturated carbocycles. The molecule has 1 unspecified atom stereocenters. The van der Waals surface area contributed by atoms with E-state index < -0.39 is 0 Å². The Morgan fingerprint density at radius 1 is 1.25 bits per heavy atom. The molecular weight excluding hydrogens is 465 g/mol. The van der Waals surface area contributed by atoms with Gasteiger partial charge in [0.05, 0.1) is 6.20 Å². The molecule has 6 nitrogen and oxygen atoms in total. The fraction of sp³-hybridized carbons (Fsp3) is 0.810. The van der Waals surface area contributed by atoms with Gasteiger partial charge in [0.25, 0.3) is 0 Å². The van der Waals surface area contributed by atoms with Crippen LogP contribution in [0.2, 0.25) is 0 Å². The number of halogens is 1. The molecule has 1 saturated heterocycles. The Hall–Kier alpha value is -0.830. The van der Waals surface area contributed by atoms with Crippen molar-refractivity contribution < 1.29 is 4.42 Å². The fourth-order valence-corrected chi connectivity index (χ4v) is 3.45. The van der Waals surface area contributed by atoms with Gasteiger partial charge in [-0.15, -0.1) is 24.0 Å². The van der Waals surface area contributed by atoms with Crippen molar-refractivity contribution in [2.24, 2.45) is 10.9 Å². The predicted octanol–water partition coefficient (Wildman–Crippen LogP) is 4.16. The second-order valence-electron chi connectivity index (χ2n) is 8.97. The van der Waals surface area contributed by atoms with Gasteiger partial charge >= 0.3 is 0 Å². The summed E-state index contributed by atoms with van der Waals surface area (Å²) in [6.45, 7) is 17.7. The molecule has 28 heavy (non-hydrogen) atoms. The predicted molar refractivity (Wildman–Crippen MR) is 127 cm³/mol. The van der Waals surface area contributed by atoms with E-state index >= 15 is 0 Å². The first kappa shape index (κ1) is 25.2. The van der Waals surface area contributed by atoms with Crippen LogP contribution in [0.3, 0.4) is 0 Å². The summed E-state index contributed by atoms with van der Waals surface area (Å²) in [4.78, 5) is 11.7. The molecule has 1 atom stereocenters. The lowest BCUT2D eigenvalue weighted by Gasteiger charge is -2.29. The number of aromatic nitrogens is 1. The van der Waals surface area contributed by atoms with Crippen molar-refractivity contribution in [3.8, 4) is 0 Å². The van der Waals surface area contributed by atoms with E-state index in [1.165, 1.54) is 32.4 Å². The summed E-state index contributed by atoms with van der Waals surface area (Å²) in [5.74, 6) is 3.09. The second-order valence-corrected chi connectivity index (χ2v) is 8.97. The van der Waals surface area contributed by atoms with Crippen molar-refractivity contribution in [2.75, 3.05) is 26.2 Å². The molecule has 1 aliphatic heterocycles. The van der Waals surface area contributed by atoms with Gasteiger partial charge in [-0.2, -0.15) is 0 Å². The minimum atomic E-state index is -0.0302. The first-order valence-electron chi connectivity index (χ1n) is 10.5. The number of guanidine groups is 1. The van der Waals surface area contributed by atoms with Gasteiger partial charge in [-0.25, -0.2) is 9.98 Å². The highest BCUT2D eigenvalue weighted by molar-refractivity contribution is 14.0. The molecule has 7 heteroatoms. The maximum Gasteiger partial charge on any atom is 0.216 e. The van der Waals surface area contributed by atoms with Crippen LogP contribution in [0.5, 0.6) is 0 Å². The number of rotatable bonds is 8. The Labute approximate surface area is 188 Å². The van der Waals surface area contributed by atoms with E-state index in [4.69, 9.17) is 4.42 Å². The Bertz CT molecular complexity index is 588. The second kappa shape index (κ2) is 12.0. The molecule has 0 spiro atoms.